The van der Waals surface area contributed by atoms with E-state index >= 15 is 0 Å². The number of methoxy groups -OCH3 is 1. The highest BCUT2D eigenvalue weighted by atomic mass is 19.1. The standard InChI is InChI=1S/C20H19FN2O3/c1-13(23-19(24)11-14-4-3-5-17(10-14)25-2)20-22-12-18(26-20)15-6-8-16(21)9-7-15/h3-10,12-13H,11H2,1-2H3,(H,23,24). The Morgan fingerprint density at radius 2 is 2.04 bits per heavy atom. The van der Waals surface area contributed by atoms with Gasteiger partial charge >= 0.3 is 0 Å². The highest BCUT2D eigenvalue weighted by molar-refractivity contribution is 5.79. The monoisotopic (exact) mass is 354 g/mol. The molecule has 0 aliphatic rings. The summed E-state index contributed by atoms with van der Waals surface area (Å²) in [4.78, 5) is 16.5. The van der Waals surface area contributed by atoms with E-state index in [9.17, 15) is 9.18 Å². The fraction of sp³-hybridized carbons (Fsp3) is 0.200. The fourth-order valence-corrected chi connectivity index (χ4v) is 2.56. The summed E-state index contributed by atoms with van der Waals surface area (Å²) in [6, 6.07) is 12.9. The molecular weight excluding hydrogens is 335 g/mol. The van der Waals surface area contributed by atoms with E-state index in [0.717, 1.165) is 11.1 Å². The summed E-state index contributed by atoms with van der Waals surface area (Å²) >= 11 is 0. The maximum absolute atomic E-state index is 13.0. The van der Waals surface area contributed by atoms with Gasteiger partial charge in [0.1, 0.15) is 17.6 Å². The van der Waals surface area contributed by atoms with E-state index in [2.05, 4.69) is 10.3 Å². The van der Waals surface area contributed by atoms with Crippen molar-refractivity contribution in [1.29, 1.82) is 0 Å². The normalized spacial score (nSPS) is 11.8. The van der Waals surface area contributed by atoms with Crippen molar-refractivity contribution in [2.24, 2.45) is 0 Å². The van der Waals surface area contributed by atoms with Crippen LogP contribution in [0.2, 0.25) is 0 Å². The Labute approximate surface area is 150 Å². The smallest absolute Gasteiger partial charge is 0.225 e. The van der Waals surface area contributed by atoms with E-state index in [1.54, 1.807) is 32.4 Å². The SMILES string of the molecule is COc1cccc(CC(=O)NC(C)c2ncc(-c3ccc(F)cc3)o2)c1. The molecule has 0 fully saturated rings. The van der Waals surface area contributed by atoms with Crippen LogP contribution in [0.4, 0.5) is 4.39 Å². The lowest BCUT2D eigenvalue weighted by Crippen LogP contribution is -2.28. The van der Waals surface area contributed by atoms with Gasteiger partial charge in [-0.05, 0) is 48.9 Å². The molecule has 0 spiro atoms. The van der Waals surface area contributed by atoms with Gasteiger partial charge in [-0.15, -0.1) is 0 Å². The first-order valence-corrected chi connectivity index (χ1v) is 8.19. The second-order valence-corrected chi connectivity index (χ2v) is 5.89. The third kappa shape index (κ3) is 4.27. The van der Waals surface area contributed by atoms with Crippen molar-refractivity contribution >= 4 is 5.91 Å². The molecule has 0 saturated heterocycles. The number of hydrogen-bond donors (Lipinski definition) is 1. The molecule has 0 aliphatic carbocycles. The zero-order valence-corrected chi connectivity index (χ0v) is 14.5. The van der Waals surface area contributed by atoms with Gasteiger partial charge in [-0.3, -0.25) is 4.79 Å². The lowest BCUT2D eigenvalue weighted by atomic mass is 10.1. The number of halogens is 1. The van der Waals surface area contributed by atoms with Crippen molar-refractivity contribution in [3.8, 4) is 17.1 Å². The minimum Gasteiger partial charge on any atom is -0.497 e. The zero-order chi connectivity index (χ0) is 18.5. The lowest BCUT2D eigenvalue weighted by molar-refractivity contribution is -0.121. The van der Waals surface area contributed by atoms with Gasteiger partial charge in [0.25, 0.3) is 0 Å². The summed E-state index contributed by atoms with van der Waals surface area (Å²) in [6.45, 7) is 1.80. The van der Waals surface area contributed by atoms with Gasteiger partial charge in [0.15, 0.2) is 5.76 Å². The number of nitrogens with zero attached hydrogens (tertiary/aromatic N) is 1. The van der Waals surface area contributed by atoms with Crippen LogP contribution in [0.5, 0.6) is 5.75 Å². The molecule has 0 radical (unpaired) electrons. The van der Waals surface area contributed by atoms with E-state index in [-0.39, 0.29) is 24.2 Å². The Morgan fingerprint density at radius 3 is 2.77 bits per heavy atom. The molecule has 1 amide bonds. The molecule has 0 saturated carbocycles. The molecule has 0 aliphatic heterocycles. The van der Waals surface area contributed by atoms with Crippen molar-refractivity contribution in [3.63, 3.8) is 0 Å². The van der Waals surface area contributed by atoms with Crippen LogP contribution >= 0.6 is 0 Å². The minimum absolute atomic E-state index is 0.146. The largest absolute Gasteiger partial charge is 0.497 e. The van der Waals surface area contributed by atoms with Crippen LogP contribution in [-0.2, 0) is 11.2 Å². The van der Waals surface area contributed by atoms with Crippen molar-refractivity contribution in [1.82, 2.24) is 10.3 Å². The number of hydrogen-bond acceptors (Lipinski definition) is 4. The number of nitrogens with one attached hydrogen (secondary N) is 1. The molecule has 1 N–H and O–H groups in total. The van der Waals surface area contributed by atoms with E-state index in [1.807, 2.05) is 24.3 Å². The van der Waals surface area contributed by atoms with Gasteiger partial charge in [0, 0.05) is 5.56 Å². The lowest BCUT2D eigenvalue weighted by Gasteiger charge is -2.11. The van der Waals surface area contributed by atoms with E-state index in [0.29, 0.717) is 17.4 Å². The van der Waals surface area contributed by atoms with Crippen LogP contribution in [0.25, 0.3) is 11.3 Å². The Kier molecular flexibility index (Phi) is 5.31. The number of aromatic nitrogens is 1. The van der Waals surface area contributed by atoms with Crippen molar-refractivity contribution in [2.45, 2.75) is 19.4 Å². The maximum Gasteiger partial charge on any atom is 0.225 e. The Bertz CT molecular complexity index is 890. The molecule has 5 nitrogen and oxygen atoms in total. The van der Waals surface area contributed by atoms with Crippen molar-refractivity contribution < 1.29 is 18.3 Å². The van der Waals surface area contributed by atoms with Gasteiger partial charge < -0.3 is 14.5 Å². The molecule has 1 heterocycles. The first-order chi connectivity index (χ1) is 12.5. The molecule has 6 heteroatoms. The summed E-state index contributed by atoms with van der Waals surface area (Å²) in [7, 11) is 1.59. The number of carbonyl (C=O) groups excluding carboxylic acids is 1. The van der Waals surface area contributed by atoms with Gasteiger partial charge in [0.2, 0.25) is 11.8 Å². The number of benzene rings is 2. The molecule has 2 aromatic carbocycles. The molecule has 26 heavy (non-hydrogen) atoms. The molecule has 1 unspecified atom stereocenters. The number of carbonyl (C=O) groups is 1. The van der Waals surface area contributed by atoms with Crippen molar-refractivity contribution in [3.05, 3.63) is 72.0 Å². The average Bonchev–Trinajstić information content (AvgIpc) is 3.12. The highest BCUT2D eigenvalue weighted by Crippen LogP contribution is 2.23. The predicted molar refractivity (Wildman–Crippen MR) is 95.2 cm³/mol. The number of oxazole rings is 1. The molecule has 3 aromatic rings. The first-order valence-electron chi connectivity index (χ1n) is 8.19. The second-order valence-electron chi connectivity index (χ2n) is 5.89. The van der Waals surface area contributed by atoms with Crippen LogP contribution in [0.15, 0.2) is 59.1 Å². The van der Waals surface area contributed by atoms with Crippen molar-refractivity contribution in [2.75, 3.05) is 7.11 Å². The van der Waals surface area contributed by atoms with Crippen LogP contribution in [-0.4, -0.2) is 18.0 Å². The molecule has 1 aromatic heterocycles. The molecule has 1 atom stereocenters. The van der Waals surface area contributed by atoms with E-state index in [1.165, 1.54) is 12.1 Å². The first kappa shape index (κ1) is 17.7. The Morgan fingerprint density at radius 1 is 1.27 bits per heavy atom. The molecule has 0 bridgehead atoms. The highest BCUT2D eigenvalue weighted by Gasteiger charge is 2.16. The van der Waals surface area contributed by atoms with E-state index < -0.39 is 0 Å². The summed E-state index contributed by atoms with van der Waals surface area (Å²) in [5.74, 6) is 1.16. The van der Waals surface area contributed by atoms with Gasteiger partial charge in [0.05, 0.1) is 19.7 Å². The summed E-state index contributed by atoms with van der Waals surface area (Å²) in [5.41, 5.74) is 1.58. The number of ether oxygens (including phenoxy) is 1. The zero-order valence-electron chi connectivity index (χ0n) is 14.5. The predicted octanol–water partition coefficient (Wildman–Crippen LogP) is 3.91. The summed E-state index contributed by atoms with van der Waals surface area (Å²) < 4.78 is 23.9. The third-order valence-corrected chi connectivity index (χ3v) is 3.90. The third-order valence-electron chi connectivity index (χ3n) is 3.90. The van der Waals surface area contributed by atoms with Crippen LogP contribution in [0, 0.1) is 5.82 Å². The molecule has 3 rings (SSSR count). The molecule has 134 valence electrons. The van der Waals surface area contributed by atoms with Crippen LogP contribution < -0.4 is 10.1 Å². The minimum atomic E-state index is -0.387. The second kappa shape index (κ2) is 7.82. The number of rotatable bonds is 6. The van der Waals surface area contributed by atoms with Gasteiger partial charge in [-0.25, -0.2) is 9.37 Å². The number of amides is 1. The quantitative estimate of drug-likeness (QED) is 0.729. The maximum atomic E-state index is 13.0. The van der Waals surface area contributed by atoms with Gasteiger partial charge in [-0.1, -0.05) is 12.1 Å². The Balaban J connectivity index is 1.63. The van der Waals surface area contributed by atoms with Crippen LogP contribution in [0.3, 0.4) is 0 Å². The topological polar surface area (TPSA) is 64.4 Å². The summed E-state index contributed by atoms with van der Waals surface area (Å²) in [5, 5.41) is 2.86. The van der Waals surface area contributed by atoms with Crippen LogP contribution in [0.1, 0.15) is 24.4 Å². The van der Waals surface area contributed by atoms with Gasteiger partial charge in [-0.2, -0.15) is 0 Å². The summed E-state index contributed by atoms with van der Waals surface area (Å²) in [6.07, 6.45) is 1.79. The average molecular weight is 354 g/mol. The van der Waals surface area contributed by atoms with E-state index in [4.69, 9.17) is 9.15 Å². The Hall–Kier alpha value is -3.15. The molecular formula is C20H19FN2O3. The fourth-order valence-electron chi connectivity index (χ4n) is 2.56.